The van der Waals surface area contributed by atoms with Crippen molar-refractivity contribution in [2.24, 2.45) is 0 Å². The molecule has 5 rings (SSSR count). The van der Waals surface area contributed by atoms with Crippen molar-refractivity contribution in [3.63, 3.8) is 0 Å². The maximum absolute atomic E-state index is 12.7. The molecule has 0 saturated carbocycles. The molecule has 9 heteroatoms. The molecule has 1 amide bonds. The fourth-order valence-electron chi connectivity index (χ4n) is 3.24. The number of nitrogens with zero attached hydrogens (tertiary/aromatic N) is 3. The zero-order chi connectivity index (χ0) is 21.9. The molecule has 0 aliphatic heterocycles. The van der Waals surface area contributed by atoms with E-state index in [4.69, 9.17) is 0 Å². The molecule has 0 saturated heterocycles. The molecule has 1 aromatic carbocycles. The Kier molecular flexibility index (Phi) is 5.49. The lowest BCUT2D eigenvalue weighted by Gasteiger charge is -2.09. The van der Waals surface area contributed by atoms with Crippen LogP contribution >= 0.6 is 22.7 Å². The van der Waals surface area contributed by atoms with Crippen LogP contribution in [0.25, 0.3) is 27.8 Å². The number of aromatic nitrogens is 4. The molecule has 7 nitrogen and oxygen atoms in total. The Bertz CT molecular complexity index is 1400. The first-order chi connectivity index (χ1) is 15.7. The summed E-state index contributed by atoms with van der Waals surface area (Å²) in [7, 11) is 0. The average Bonchev–Trinajstić information content (AvgIpc) is 3.56. The molecule has 32 heavy (non-hydrogen) atoms. The fourth-order valence-corrected chi connectivity index (χ4v) is 4.62. The minimum absolute atomic E-state index is 0.173. The number of rotatable bonds is 6. The minimum atomic E-state index is -0.308. The van der Waals surface area contributed by atoms with Crippen molar-refractivity contribution in [2.75, 3.05) is 5.32 Å². The monoisotopic (exact) mass is 459 g/mol. The minimum Gasteiger partial charge on any atom is -0.310 e. The molecule has 0 unspecified atom stereocenters. The van der Waals surface area contributed by atoms with Gasteiger partial charge < -0.3 is 5.32 Å². The van der Waals surface area contributed by atoms with Crippen molar-refractivity contribution in [1.82, 2.24) is 19.7 Å². The van der Waals surface area contributed by atoms with Crippen LogP contribution < -0.4 is 10.9 Å². The number of nitrogens with one attached hydrogen (secondary N) is 2. The van der Waals surface area contributed by atoms with Crippen LogP contribution in [0.15, 0.2) is 82.3 Å². The highest BCUT2D eigenvalue weighted by Gasteiger charge is 2.17. The normalized spacial score (nSPS) is 10.9. The summed E-state index contributed by atoms with van der Waals surface area (Å²) in [6, 6.07) is 20.4. The van der Waals surface area contributed by atoms with Gasteiger partial charge in [0.25, 0.3) is 5.56 Å². The Morgan fingerprint density at radius 1 is 0.969 bits per heavy atom. The number of anilines is 1. The summed E-state index contributed by atoms with van der Waals surface area (Å²) < 4.78 is 1.47. The van der Waals surface area contributed by atoms with E-state index in [2.05, 4.69) is 20.4 Å². The Balaban J connectivity index is 1.56. The predicted octanol–water partition coefficient (Wildman–Crippen LogP) is 4.59. The lowest BCUT2D eigenvalue weighted by atomic mass is 10.1. The first-order valence-electron chi connectivity index (χ1n) is 9.79. The Morgan fingerprint density at radius 3 is 2.53 bits per heavy atom. The van der Waals surface area contributed by atoms with Gasteiger partial charge in [0.2, 0.25) is 11.9 Å². The lowest BCUT2D eigenvalue weighted by molar-refractivity contribution is -0.115. The van der Waals surface area contributed by atoms with Crippen LogP contribution in [-0.4, -0.2) is 25.7 Å². The molecule has 0 atom stereocenters. The van der Waals surface area contributed by atoms with E-state index in [0.717, 1.165) is 15.3 Å². The van der Waals surface area contributed by atoms with E-state index in [0.29, 0.717) is 17.2 Å². The van der Waals surface area contributed by atoms with Gasteiger partial charge in [0.15, 0.2) is 0 Å². The number of thiophene rings is 2. The zero-order valence-corrected chi connectivity index (χ0v) is 18.3. The van der Waals surface area contributed by atoms with E-state index >= 15 is 0 Å². The van der Waals surface area contributed by atoms with Crippen molar-refractivity contribution in [2.45, 2.75) is 6.42 Å². The summed E-state index contributed by atoms with van der Waals surface area (Å²) in [6.07, 6.45) is 0.255. The second-order valence-corrected chi connectivity index (χ2v) is 8.91. The number of hydrogen-bond donors (Lipinski definition) is 2. The third-order valence-corrected chi connectivity index (χ3v) is 6.43. The van der Waals surface area contributed by atoms with Crippen molar-refractivity contribution in [3.8, 4) is 27.8 Å². The summed E-state index contributed by atoms with van der Waals surface area (Å²) in [5, 5.41) is 11.4. The van der Waals surface area contributed by atoms with Gasteiger partial charge in [-0.05, 0) is 22.9 Å². The van der Waals surface area contributed by atoms with E-state index in [-0.39, 0.29) is 23.8 Å². The van der Waals surface area contributed by atoms with E-state index < -0.39 is 0 Å². The van der Waals surface area contributed by atoms with E-state index in [1.807, 2.05) is 65.4 Å². The van der Waals surface area contributed by atoms with Crippen LogP contribution in [0.3, 0.4) is 0 Å². The summed E-state index contributed by atoms with van der Waals surface area (Å²) in [5.41, 5.74) is 1.71. The standard InChI is InChI=1S/C23H17N5O2S2/c29-21(12-16-8-4-10-31-16)25-20-13-18(19-9-5-11-32-19)27-28(20)23-24-17(14-22(30)26-23)15-6-2-1-3-7-15/h1-11,13-14H,12H2,(H,25,29)(H,24,26,30). The van der Waals surface area contributed by atoms with E-state index in [1.54, 1.807) is 6.07 Å². The molecule has 4 heterocycles. The van der Waals surface area contributed by atoms with Gasteiger partial charge in [-0.3, -0.25) is 14.6 Å². The number of amides is 1. The van der Waals surface area contributed by atoms with Crippen molar-refractivity contribution >= 4 is 34.4 Å². The average molecular weight is 460 g/mol. The van der Waals surface area contributed by atoms with Gasteiger partial charge in [-0.1, -0.05) is 42.5 Å². The molecular weight excluding hydrogens is 442 g/mol. The van der Waals surface area contributed by atoms with Crippen LogP contribution in [0.2, 0.25) is 0 Å². The third kappa shape index (κ3) is 4.29. The molecule has 0 spiro atoms. The van der Waals surface area contributed by atoms with Crippen LogP contribution in [0, 0.1) is 0 Å². The SMILES string of the molecule is O=C(Cc1cccs1)Nc1cc(-c2cccs2)nn1-c1nc(-c2ccccc2)cc(=O)[nH]1. The summed E-state index contributed by atoms with van der Waals surface area (Å²) in [6.45, 7) is 0. The summed E-state index contributed by atoms with van der Waals surface area (Å²) >= 11 is 3.07. The lowest BCUT2D eigenvalue weighted by Crippen LogP contribution is -2.19. The highest BCUT2D eigenvalue weighted by atomic mass is 32.1. The first kappa shape index (κ1) is 20.1. The largest absolute Gasteiger partial charge is 0.310 e. The van der Waals surface area contributed by atoms with Gasteiger partial charge in [0, 0.05) is 22.6 Å². The van der Waals surface area contributed by atoms with E-state index in [9.17, 15) is 9.59 Å². The number of carbonyl (C=O) groups excluding carboxylic acids is 1. The maximum atomic E-state index is 12.7. The number of benzene rings is 1. The van der Waals surface area contributed by atoms with Crippen LogP contribution in [0.4, 0.5) is 5.82 Å². The van der Waals surface area contributed by atoms with Crippen molar-refractivity contribution in [1.29, 1.82) is 0 Å². The molecule has 0 bridgehead atoms. The summed E-state index contributed by atoms with van der Waals surface area (Å²) in [5.74, 6) is 0.488. The second kappa shape index (κ2) is 8.74. The van der Waals surface area contributed by atoms with Gasteiger partial charge in [-0.15, -0.1) is 22.7 Å². The number of carbonyl (C=O) groups is 1. The fraction of sp³-hybridized carbons (Fsp3) is 0.0435. The van der Waals surface area contributed by atoms with E-state index in [1.165, 1.54) is 33.4 Å². The van der Waals surface area contributed by atoms with Crippen molar-refractivity contribution in [3.05, 3.63) is 92.7 Å². The zero-order valence-electron chi connectivity index (χ0n) is 16.7. The molecule has 0 radical (unpaired) electrons. The highest BCUT2D eigenvalue weighted by molar-refractivity contribution is 7.13. The quantitative estimate of drug-likeness (QED) is 0.388. The first-order valence-corrected chi connectivity index (χ1v) is 11.5. The molecule has 2 N–H and O–H groups in total. The molecular formula is C23H17N5O2S2. The number of aromatic amines is 1. The topological polar surface area (TPSA) is 92.7 Å². The molecule has 0 aliphatic carbocycles. The van der Waals surface area contributed by atoms with Gasteiger partial charge in [0.1, 0.15) is 11.5 Å². The molecule has 4 aromatic heterocycles. The van der Waals surface area contributed by atoms with Gasteiger partial charge in [0.05, 0.1) is 17.0 Å². The Hall–Kier alpha value is -3.82. The van der Waals surface area contributed by atoms with Crippen LogP contribution in [0.1, 0.15) is 4.88 Å². The van der Waals surface area contributed by atoms with Crippen LogP contribution in [-0.2, 0) is 11.2 Å². The molecule has 0 aliphatic rings. The summed E-state index contributed by atoms with van der Waals surface area (Å²) in [4.78, 5) is 34.4. The Labute approximate surface area is 191 Å². The third-order valence-electron chi connectivity index (χ3n) is 4.66. The Morgan fingerprint density at radius 2 is 1.78 bits per heavy atom. The highest BCUT2D eigenvalue weighted by Crippen LogP contribution is 2.28. The smallest absolute Gasteiger partial charge is 0.252 e. The van der Waals surface area contributed by atoms with Crippen LogP contribution in [0.5, 0.6) is 0 Å². The van der Waals surface area contributed by atoms with Crippen molar-refractivity contribution < 1.29 is 4.79 Å². The van der Waals surface area contributed by atoms with Gasteiger partial charge in [-0.25, -0.2) is 4.98 Å². The van der Waals surface area contributed by atoms with Gasteiger partial charge >= 0.3 is 0 Å². The number of H-pyrrole nitrogens is 1. The molecule has 5 aromatic rings. The van der Waals surface area contributed by atoms with Gasteiger partial charge in [-0.2, -0.15) is 9.78 Å². The predicted molar refractivity (Wildman–Crippen MR) is 127 cm³/mol. The number of hydrogen-bond acceptors (Lipinski definition) is 6. The maximum Gasteiger partial charge on any atom is 0.252 e. The molecule has 158 valence electrons. The second-order valence-electron chi connectivity index (χ2n) is 6.93. The molecule has 0 fully saturated rings.